The van der Waals surface area contributed by atoms with E-state index in [0.29, 0.717) is 24.8 Å². The van der Waals surface area contributed by atoms with Crippen LogP contribution in [0.3, 0.4) is 0 Å². The van der Waals surface area contributed by atoms with Crippen LogP contribution in [0.5, 0.6) is 0 Å². The molecule has 76 valence electrons. The average molecular weight is 194 g/mol. The number of nitrogens with zero attached hydrogens (tertiary/aromatic N) is 2. The van der Waals surface area contributed by atoms with Gasteiger partial charge in [-0.3, -0.25) is 9.48 Å². The topological polar surface area (TPSA) is 44.1 Å². The molecule has 1 aromatic rings. The first-order valence-electron chi connectivity index (χ1n) is 4.84. The highest BCUT2D eigenvalue weighted by Crippen LogP contribution is 2.22. The molecule has 1 aliphatic heterocycles. The first-order valence-corrected chi connectivity index (χ1v) is 4.84. The van der Waals surface area contributed by atoms with E-state index in [1.54, 1.807) is 4.68 Å². The molecule has 0 saturated heterocycles. The lowest BCUT2D eigenvalue weighted by atomic mass is 10.2. The van der Waals surface area contributed by atoms with Gasteiger partial charge in [0.05, 0.1) is 18.9 Å². The molecule has 0 unspecified atom stereocenters. The predicted molar refractivity (Wildman–Crippen MR) is 50.9 cm³/mol. The van der Waals surface area contributed by atoms with E-state index < -0.39 is 0 Å². The summed E-state index contributed by atoms with van der Waals surface area (Å²) in [5, 5.41) is 4.36. The van der Waals surface area contributed by atoms with E-state index in [-0.39, 0.29) is 0 Å². The van der Waals surface area contributed by atoms with Gasteiger partial charge in [0.2, 0.25) is 0 Å². The molecule has 0 saturated carbocycles. The van der Waals surface area contributed by atoms with Crippen LogP contribution < -0.4 is 0 Å². The average Bonchev–Trinajstić information content (AvgIpc) is 2.62. The van der Waals surface area contributed by atoms with Gasteiger partial charge in [-0.1, -0.05) is 13.8 Å². The van der Waals surface area contributed by atoms with Crippen molar-refractivity contribution < 1.29 is 9.53 Å². The zero-order valence-electron chi connectivity index (χ0n) is 8.49. The third-order valence-corrected chi connectivity index (χ3v) is 2.31. The molecule has 0 fully saturated rings. The van der Waals surface area contributed by atoms with Crippen LogP contribution >= 0.6 is 0 Å². The molecule has 1 aliphatic rings. The fourth-order valence-electron chi connectivity index (χ4n) is 1.70. The Morgan fingerprint density at radius 1 is 1.57 bits per heavy atom. The SMILES string of the molecule is CC(C)Cn1nc2c(c1C=O)COC2. The number of hydrogen-bond acceptors (Lipinski definition) is 3. The van der Waals surface area contributed by atoms with Crippen molar-refractivity contribution in [2.75, 3.05) is 0 Å². The summed E-state index contributed by atoms with van der Waals surface area (Å²) in [6, 6.07) is 0. The minimum Gasteiger partial charge on any atom is -0.370 e. The summed E-state index contributed by atoms with van der Waals surface area (Å²) in [7, 11) is 0. The van der Waals surface area contributed by atoms with Crippen molar-refractivity contribution in [2.24, 2.45) is 5.92 Å². The second kappa shape index (κ2) is 3.53. The van der Waals surface area contributed by atoms with E-state index in [1.807, 2.05) is 0 Å². The molecular weight excluding hydrogens is 180 g/mol. The second-order valence-electron chi connectivity index (χ2n) is 4.00. The molecule has 0 spiro atoms. The van der Waals surface area contributed by atoms with Crippen molar-refractivity contribution in [3.63, 3.8) is 0 Å². The lowest BCUT2D eigenvalue weighted by molar-refractivity contribution is 0.109. The van der Waals surface area contributed by atoms with Crippen LogP contribution in [-0.4, -0.2) is 16.1 Å². The van der Waals surface area contributed by atoms with Gasteiger partial charge in [0.1, 0.15) is 5.69 Å². The number of carbonyl (C=O) groups is 1. The Balaban J connectivity index is 2.36. The molecule has 14 heavy (non-hydrogen) atoms. The van der Waals surface area contributed by atoms with Gasteiger partial charge in [0.25, 0.3) is 0 Å². The molecule has 0 atom stereocenters. The smallest absolute Gasteiger partial charge is 0.168 e. The Morgan fingerprint density at radius 3 is 3.00 bits per heavy atom. The van der Waals surface area contributed by atoms with E-state index in [4.69, 9.17) is 4.74 Å². The van der Waals surface area contributed by atoms with Gasteiger partial charge >= 0.3 is 0 Å². The zero-order chi connectivity index (χ0) is 10.1. The minimum absolute atomic E-state index is 0.495. The highest BCUT2D eigenvalue weighted by molar-refractivity contribution is 5.75. The molecule has 0 aliphatic carbocycles. The van der Waals surface area contributed by atoms with Crippen LogP contribution in [0.1, 0.15) is 35.6 Å². The Hall–Kier alpha value is -1.16. The number of rotatable bonds is 3. The van der Waals surface area contributed by atoms with Gasteiger partial charge in [-0.05, 0) is 5.92 Å². The molecule has 0 radical (unpaired) electrons. The molecule has 2 heterocycles. The van der Waals surface area contributed by atoms with Gasteiger partial charge in [-0.25, -0.2) is 0 Å². The summed E-state index contributed by atoms with van der Waals surface area (Å²) in [5.74, 6) is 0.495. The van der Waals surface area contributed by atoms with E-state index in [9.17, 15) is 4.79 Å². The number of aldehydes is 1. The van der Waals surface area contributed by atoms with Crippen molar-refractivity contribution in [2.45, 2.75) is 33.6 Å². The van der Waals surface area contributed by atoms with Crippen molar-refractivity contribution >= 4 is 6.29 Å². The summed E-state index contributed by atoms with van der Waals surface area (Å²) in [5.41, 5.74) is 2.58. The zero-order valence-corrected chi connectivity index (χ0v) is 8.49. The molecule has 0 N–H and O–H groups in total. The summed E-state index contributed by atoms with van der Waals surface area (Å²) in [6.07, 6.45) is 0.878. The van der Waals surface area contributed by atoms with Crippen LogP contribution in [0.4, 0.5) is 0 Å². The lowest BCUT2D eigenvalue weighted by Gasteiger charge is -2.07. The van der Waals surface area contributed by atoms with Crippen molar-refractivity contribution in [1.82, 2.24) is 9.78 Å². The standard InChI is InChI=1S/C10H14N2O2/c1-7(2)3-12-10(4-13)8-5-14-6-9(8)11-12/h4,7H,3,5-6H2,1-2H3. The maximum atomic E-state index is 10.9. The van der Waals surface area contributed by atoms with Gasteiger partial charge in [-0.2, -0.15) is 5.10 Å². The molecular formula is C10H14N2O2. The molecule has 0 amide bonds. The maximum Gasteiger partial charge on any atom is 0.168 e. The minimum atomic E-state index is 0.495. The fraction of sp³-hybridized carbons (Fsp3) is 0.600. The molecule has 0 aromatic carbocycles. The molecule has 2 rings (SSSR count). The molecule has 4 nitrogen and oxygen atoms in total. The summed E-state index contributed by atoms with van der Waals surface area (Å²) < 4.78 is 7.02. The largest absolute Gasteiger partial charge is 0.370 e. The van der Waals surface area contributed by atoms with Crippen molar-refractivity contribution in [3.8, 4) is 0 Å². The number of carbonyl (C=O) groups excluding carboxylic acids is 1. The third kappa shape index (κ3) is 1.46. The molecule has 4 heteroatoms. The predicted octanol–water partition coefficient (Wildman–Crippen LogP) is 1.38. The number of hydrogen-bond donors (Lipinski definition) is 0. The quantitative estimate of drug-likeness (QED) is 0.683. The molecule has 0 bridgehead atoms. The Labute approximate surface area is 82.9 Å². The fourth-order valence-corrected chi connectivity index (χ4v) is 1.70. The van der Waals surface area contributed by atoms with Crippen LogP contribution in [0, 0.1) is 5.92 Å². The summed E-state index contributed by atoms with van der Waals surface area (Å²) in [4.78, 5) is 10.9. The van der Waals surface area contributed by atoms with Gasteiger partial charge in [0, 0.05) is 12.1 Å². The number of ether oxygens (including phenoxy) is 1. The first kappa shape index (κ1) is 9.40. The van der Waals surface area contributed by atoms with Gasteiger partial charge < -0.3 is 4.74 Å². The monoisotopic (exact) mass is 194 g/mol. The molecule has 1 aromatic heterocycles. The van der Waals surface area contributed by atoms with Crippen LogP contribution in [0.2, 0.25) is 0 Å². The van der Waals surface area contributed by atoms with Gasteiger partial charge in [-0.15, -0.1) is 0 Å². The van der Waals surface area contributed by atoms with Crippen LogP contribution in [0.25, 0.3) is 0 Å². The van der Waals surface area contributed by atoms with E-state index >= 15 is 0 Å². The Morgan fingerprint density at radius 2 is 2.36 bits per heavy atom. The van der Waals surface area contributed by atoms with Crippen molar-refractivity contribution in [1.29, 1.82) is 0 Å². The second-order valence-corrected chi connectivity index (χ2v) is 4.00. The number of aromatic nitrogens is 2. The van der Waals surface area contributed by atoms with E-state index in [2.05, 4.69) is 18.9 Å². The van der Waals surface area contributed by atoms with Crippen molar-refractivity contribution in [3.05, 3.63) is 17.0 Å². The van der Waals surface area contributed by atoms with Crippen LogP contribution in [0.15, 0.2) is 0 Å². The third-order valence-electron chi connectivity index (χ3n) is 2.31. The van der Waals surface area contributed by atoms with E-state index in [0.717, 1.165) is 24.1 Å². The summed E-state index contributed by atoms with van der Waals surface area (Å²) >= 11 is 0. The van der Waals surface area contributed by atoms with Gasteiger partial charge in [0.15, 0.2) is 6.29 Å². The van der Waals surface area contributed by atoms with Crippen LogP contribution in [-0.2, 0) is 24.5 Å². The highest BCUT2D eigenvalue weighted by atomic mass is 16.5. The Kier molecular flexibility index (Phi) is 2.37. The Bertz CT molecular complexity index is 355. The normalized spacial score (nSPS) is 14.8. The summed E-state index contributed by atoms with van der Waals surface area (Å²) in [6.45, 7) is 6.08. The maximum absolute atomic E-state index is 10.9. The van der Waals surface area contributed by atoms with E-state index in [1.165, 1.54) is 0 Å². The number of fused-ring (bicyclic) bond motifs is 1. The first-order chi connectivity index (χ1) is 6.72. The lowest BCUT2D eigenvalue weighted by Crippen LogP contribution is -2.10. The highest BCUT2D eigenvalue weighted by Gasteiger charge is 2.22.